The number of nitrogens with zero attached hydrogens (tertiary/aromatic N) is 1. The van der Waals surface area contributed by atoms with Gasteiger partial charge in [0.15, 0.2) is 0 Å². The van der Waals surface area contributed by atoms with Crippen molar-refractivity contribution in [1.82, 2.24) is 10.3 Å². The van der Waals surface area contributed by atoms with Crippen LogP contribution in [0.1, 0.15) is 43.2 Å². The fourth-order valence-corrected chi connectivity index (χ4v) is 5.11. The van der Waals surface area contributed by atoms with E-state index in [4.69, 9.17) is 21.0 Å². The molecule has 0 saturated carbocycles. The zero-order chi connectivity index (χ0) is 20.2. The zero-order valence-electron chi connectivity index (χ0n) is 16.5. The second-order valence-electron chi connectivity index (χ2n) is 7.61. The van der Waals surface area contributed by atoms with Crippen molar-refractivity contribution in [3.8, 4) is 0 Å². The van der Waals surface area contributed by atoms with Gasteiger partial charge in [-0.1, -0.05) is 17.7 Å². The molecule has 0 aliphatic heterocycles. The van der Waals surface area contributed by atoms with E-state index < -0.39 is 0 Å². The van der Waals surface area contributed by atoms with Gasteiger partial charge in [-0.3, -0.25) is 9.78 Å². The van der Waals surface area contributed by atoms with Crippen LogP contribution >= 0.6 is 23.4 Å². The highest BCUT2D eigenvalue weighted by molar-refractivity contribution is 8.00. The minimum Gasteiger partial charge on any atom is -0.469 e. The molecule has 0 bridgehead atoms. The van der Waals surface area contributed by atoms with Gasteiger partial charge in [-0.05, 0) is 68.9 Å². The summed E-state index contributed by atoms with van der Waals surface area (Å²) in [6.45, 7) is 2.04. The number of hydrogen-bond acceptors (Lipinski definition) is 4. The van der Waals surface area contributed by atoms with E-state index in [2.05, 4.69) is 5.32 Å². The third-order valence-electron chi connectivity index (χ3n) is 5.33. The largest absolute Gasteiger partial charge is 0.469 e. The van der Waals surface area contributed by atoms with Gasteiger partial charge >= 0.3 is 0 Å². The number of carbonyl (C=O) groups is 1. The van der Waals surface area contributed by atoms with E-state index in [1.807, 2.05) is 37.3 Å². The molecule has 4 rings (SSSR count). The summed E-state index contributed by atoms with van der Waals surface area (Å²) in [5.74, 6) is 1.42. The van der Waals surface area contributed by atoms with Crippen LogP contribution in [0, 0.1) is 0 Å². The number of halogens is 1. The Kier molecular flexibility index (Phi) is 6.46. The molecule has 3 aromatic rings. The Balaban J connectivity index is 1.44. The Morgan fingerprint density at radius 2 is 2.17 bits per heavy atom. The van der Waals surface area contributed by atoms with Crippen LogP contribution in [0.5, 0.6) is 0 Å². The second-order valence-corrected chi connectivity index (χ2v) is 9.03. The normalized spacial score (nSPS) is 14.6. The number of hydrogen-bond donors (Lipinski definition) is 1. The van der Waals surface area contributed by atoms with Gasteiger partial charge in [0, 0.05) is 33.5 Å². The lowest BCUT2D eigenvalue weighted by Gasteiger charge is -2.21. The Hall–Kier alpha value is -1.98. The third kappa shape index (κ3) is 4.96. The summed E-state index contributed by atoms with van der Waals surface area (Å²) in [5.41, 5.74) is 3.41. The maximum absolute atomic E-state index is 12.6. The summed E-state index contributed by atoms with van der Waals surface area (Å²) < 4.78 is 5.36. The number of fused-ring (bicyclic) bond motifs is 2. The third-order valence-corrected chi connectivity index (χ3v) is 6.73. The second kappa shape index (κ2) is 9.23. The Labute approximate surface area is 180 Å². The van der Waals surface area contributed by atoms with Crippen LogP contribution < -0.4 is 5.32 Å². The summed E-state index contributed by atoms with van der Waals surface area (Å²) in [6.07, 6.45) is 7.75. The SMILES string of the molecule is C[C@H](CCc1ccco1)NC(=O)CSc1c2c(nc3cc(Cl)ccc13)CCCC2. The number of aryl methyl sites for hydroxylation is 2. The number of amides is 1. The lowest BCUT2D eigenvalue weighted by atomic mass is 9.94. The molecule has 152 valence electrons. The van der Waals surface area contributed by atoms with Gasteiger partial charge in [0.2, 0.25) is 5.91 Å². The van der Waals surface area contributed by atoms with Crippen molar-refractivity contribution >= 4 is 40.2 Å². The van der Waals surface area contributed by atoms with E-state index in [1.165, 1.54) is 29.0 Å². The van der Waals surface area contributed by atoms with Crippen molar-refractivity contribution in [2.45, 2.75) is 56.4 Å². The number of thioether (sulfide) groups is 1. The van der Waals surface area contributed by atoms with Crippen molar-refractivity contribution < 1.29 is 9.21 Å². The number of carbonyl (C=O) groups excluding carboxylic acids is 1. The maximum Gasteiger partial charge on any atom is 0.230 e. The number of aromatic nitrogens is 1. The molecule has 1 atom stereocenters. The summed E-state index contributed by atoms with van der Waals surface area (Å²) in [4.78, 5) is 18.6. The molecule has 1 aliphatic carbocycles. The molecule has 1 N–H and O–H groups in total. The van der Waals surface area contributed by atoms with E-state index in [9.17, 15) is 4.79 Å². The standard InChI is InChI=1S/C23H25ClN2O2S/c1-15(8-10-17-5-4-12-28-17)25-22(27)14-29-23-18-6-2-3-7-20(18)26-21-13-16(24)9-11-19(21)23/h4-5,9,11-13,15H,2-3,6-8,10,14H2,1H3,(H,25,27)/t15-/m1/s1. The van der Waals surface area contributed by atoms with E-state index in [0.29, 0.717) is 10.8 Å². The van der Waals surface area contributed by atoms with Gasteiger partial charge in [-0.2, -0.15) is 0 Å². The Bertz CT molecular complexity index is 1000. The molecule has 0 saturated heterocycles. The first kappa shape index (κ1) is 20.3. The van der Waals surface area contributed by atoms with Crippen LogP contribution in [0.2, 0.25) is 5.02 Å². The molecule has 2 heterocycles. The predicted octanol–water partition coefficient (Wildman–Crippen LogP) is 5.59. The number of nitrogens with one attached hydrogen (secondary N) is 1. The molecule has 0 radical (unpaired) electrons. The predicted molar refractivity (Wildman–Crippen MR) is 119 cm³/mol. The highest BCUT2D eigenvalue weighted by Gasteiger charge is 2.20. The quantitative estimate of drug-likeness (QED) is 0.498. The number of furan rings is 1. The molecular weight excluding hydrogens is 404 g/mol. The highest BCUT2D eigenvalue weighted by atomic mass is 35.5. The zero-order valence-corrected chi connectivity index (χ0v) is 18.1. The summed E-state index contributed by atoms with van der Waals surface area (Å²) in [7, 11) is 0. The Morgan fingerprint density at radius 3 is 3.00 bits per heavy atom. The van der Waals surface area contributed by atoms with Gasteiger partial charge in [0.1, 0.15) is 5.76 Å². The first-order valence-corrected chi connectivity index (χ1v) is 11.5. The van der Waals surface area contributed by atoms with E-state index in [-0.39, 0.29) is 11.9 Å². The average molecular weight is 429 g/mol. The number of pyridine rings is 1. The van der Waals surface area contributed by atoms with Gasteiger partial charge in [-0.25, -0.2) is 0 Å². The van der Waals surface area contributed by atoms with Crippen LogP contribution in [0.15, 0.2) is 45.9 Å². The minimum atomic E-state index is 0.0606. The summed E-state index contributed by atoms with van der Waals surface area (Å²) in [5, 5.41) is 4.90. The van der Waals surface area contributed by atoms with Gasteiger partial charge in [0.05, 0.1) is 17.5 Å². The fraction of sp³-hybridized carbons (Fsp3) is 0.391. The maximum atomic E-state index is 12.6. The monoisotopic (exact) mass is 428 g/mol. The van der Waals surface area contributed by atoms with Crippen molar-refractivity contribution in [2.24, 2.45) is 0 Å². The molecule has 4 nitrogen and oxygen atoms in total. The van der Waals surface area contributed by atoms with Gasteiger partial charge in [0.25, 0.3) is 0 Å². The van der Waals surface area contributed by atoms with E-state index in [1.54, 1.807) is 18.0 Å². The Morgan fingerprint density at radius 1 is 1.31 bits per heavy atom. The van der Waals surface area contributed by atoms with E-state index >= 15 is 0 Å². The molecule has 6 heteroatoms. The lowest BCUT2D eigenvalue weighted by molar-refractivity contribution is -0.119. The van der Waals surface area contributed by atoms with Crippen molar-refractivity contribution in [1.29, 1.82) is 0 Å². The van der Waals surface area contributed by atoms with Crippen molar-refractivity contribution in [3.05, 3.63) is 58.6 Å². The van der Waals surface area contributed by atoms with Crippen molar-refractivity contribution in [2.75, 3.05) is 5.75 Å². The summed E-state index contributed by atoms with van der Waals surface area (Å²) in [6, 6.07) is 9.83. The molecule has 0 spiro atoms. The van der Waals surface area contributed by atoms with Gasteiger partial charge in [-0.15, -0.1) is 11.8 Å². The minimum absolute atomic E-state index is 0.0606. The molecule has 0 fully saturated rings. The topological polar surface area (TPSA) is 55.1 Å². The van der Waals surface area contributed by atoms with Crippen LogP contribution in [0.4, 0.5) is 0 Å². The van der Waals surface area contributed by atoms with Crippen LogP contribution in [-0.2, 0) is 24.1 Å². The van der Waals surface area contributed by atoms with Crippen molar-refractivity contribution in [3.63, 3.8) is 0 Å². The van der Waals surface area contributed by atoms with Crippen LogP contribution in [0.3, 0.4) is 0 Å². The first-order valence-electron chi connectivity index (χ1n) is 10.2. The fourth-order valence-electron chi connectivity index (χ4n) is 3.86. The molecule has 29 heavy (non-hydrogen) atoms. The van der Waals surface area contributed by atoms with Crippen LogP contribution in [0.25, 0.3) is 10.9 Å². The smallest absolute Gasteiger partial charge is 0.230 e. The molecule has 2 aromatic heterocycles. The highest BCUT2D eigenvalue weighted by Crippen LogP contribution is 2.36. The molecule has 1 amide bonds. The molecule has 1 aliphatic rings. The molecular formula is C23H25ClN2O2S. The number of rotatable bonds is 7. The lowest BCUT2D eigenvalue weighted by Crippen LogP contribution is -2.34. The van der Waals surface area contributed by atoms with Gasteiger partial charge < -0.3 is 9.73 Å². The van der Waals surface area contributed by atoms with Crippen LogP contribution in [-0.4, -0.2) is 22.7 Å². The number of benzene rings is 1. The first-order chi connectivity index (χ1) is 14.1. The van der Waals surface area contributed by atoms with E-state index in [0.717, 1.165) is 42.3 Å². The average Bonchev–Trinajstić information content (AvgIpc) is 3.23. The molecule has 1 aromatic carbocycles. The molecule has 0 unspecified atom stereocenters. The summed E-state index contributed by atoms with van der Waals surface area (Å²) >= 11 is 7.81.